The molecule has 8 nitrogen and oxygen atoms in total. The zero-order valence-electron chi connectivity index (χ0n) is 19.6. The van der Waals surface area contributed by atoms with E-state index in [9.17, 15) is 19.1 Å². The Labute approximate surface area is 206 Å². The average Bonchev–Trinajstić information content (AvgIpc) is 3.32. The highest BCUT2D eigenvalue weighted by Crippen LogP contribution is 2.32. The number of benzene rings is 3. The van der Waals surface area contributed by atoms with Crippen molar-refractivity contribution in [2.24, 2.45) is 0 Å². The van der Waals surface area contributed by atoms with Crippen LogP contribution in [0.3, 0.4) is 0 Å². The Morgan fingerprint density at radius 3 is 2.44 bits per heavy atom. The third kappa shape index (κ3) is 6.19. The summed E-state index contributed by atoms with van der Waals surface area (Å²) in [4.78, 5) is 29.3. The third-order valence-corrected chi connectivity index (χ3v) is 5.00. The van der Waals surface area contributed by atoms with Gasteiger partial charge in [-0.15, -0.1) is 0 Å². The highest BCUT2D eigenvalue weighted by Gasteiger charge is 2.24. The number of esters is 2. The molecule has 0 fully saturated rings. The van der Waals surface area contributed by atoms with Crippen LogP contribution in [-0.2, 0) is 16.1 Å². The van der Waals surface area contributed by atoms with E-state index < -0.39 is 23.4 Å². The first kappa shape index (κ1) is 24.7. The summed E-state index contributed by atoms with van der Waals surface area (Å²) in [6, 6.07) is 19.3. The van der Waals surface area contributed by atoms with Gasteiger partial charge in [-0.05, 0) is 49.7 Å². The lowest BCUT2D eigenvalue weighted by Gasteiger charge is -2.16. The summed E-state index contributed by atoms with van der Waals surface area (Å²) in [7, 11) is 0. The molecule has 0 unspecified atom stereocenters. The van der Waals surface area contributed by atoms with Crippen molar-refractivity contribution in [1.29, 1.82) is 0 Å². The lowest BCUT2D eigenvalue weighted by molar-refractivity contribution is -0.138. The van der Waals surface area contributed by atoms with E-state index in [4.69, 9.17) is 14.0 Å². The normalized spacial score (nSPS) is 11.2. The van der Waals surface area contributed by atoms with E-state index in [1.54, 1.807) is 6.07 Å². The second-order valence-corrected chi connectivity index (χ2v) is 8.64. The molecule has 184 valence electrons. The maximum absolute atomic E-state index is 14.2. The third-order valence-electron chi connectivity index (χ3n) is 5.00. The molecule has 4 aromatic rings. The van der Waals surface area contributed by atoms with Gasteiger partial charge >= 0.3 is 11.9 Å². The lowest BCUT2D eigenvalue weighted by Crippen LogP contribution is -2.26. The van der Waals surface area contributed by atoms with Crippen molar-refractivity contribution in [3.05, 3.63) is 89.7 Å². The molecule has 0 amide bonds. The Balaban J connectivity index is 1.65. The van der Waals surface area contributed by atoms with E-state index in [0.717, 1.165) is 5.56 Å². The Kier molecular flexibility index (Phi) is 7.21. The summed E-state index contributed by atoms with van der Waals surface area (Å²) in [6.07, 6.45) is -0.278. The van der Waals surface area contributed by atoms with Crippen LogP contribution in [0.15, 0.2) is 77.3 Å². The van der Waals surface area contributed by atoms with Crippen LogP contribution in [0.4, 0.5) is 4.39 Å². The zero-order valence-corrected chi connectivity index (χ0v) is 19.6. The van der Waals surface area contributed by atoms with E-state index in [-0.39, 0.29) is 47.2 Å². The molecule has 0 saturated carbocycles. The second kappa shape index (κ2) is 10.5. The molecule has 0 aliphatic rings. The molecule has 1 aromatic heterocycles. The Bertz CT molecular complexity index is 1380. The monoisotopic (exact) mass is 490 g/mol. The molecule has 0 saturated heterocycles. The molecule has 1 N–H and O–H groups in total. The van der Waals surface area contributed by atoms with Gasteiger partial charge < -0.3 is 19.1 Å². The molecule has 4 rings (SSSR count). The summed E-state index contributed by atoms with van der Waals surface area (Å²) < 4.78 is 30.3. The molecule has 3 aromatic carbocycles. The summed E-state index contributed by atoms with van der Waals surface area (Å²) in [6.45, 7) is 3.01. The summed E-state index contributed by atoms with van der Waals surface area (Å²) >= 11 is 0. The number of rotatable bonds is 8. The van der Waals surface area contributed by atoms with Crippen LogP contribution in [-0.4, -0.2) is 32.8 Å². The van der Waals surface area contributed by atoms with Crippen LogP contribution < -0.4 is 4.74 Å². The predicted octanol–water partition coefficient (Wildman–Crippen LogP) is 4.97. The number of ether oxygens (including phenoxy) is 2. The molecule has 0 spiro atoms. The number of nitrogens with zero attached hydrogens (tertiary/aromatic N) is 2. The molecule has 0 bridgehead atoms. The largest absolute Gasteiger partial charge is 0.457 e. The summed E-state index contributed by atoms with van der Waals surface area (Å²) in [5.41, 5.74) is -0.0750. The number of aliphatic hydroxyl groups is 1. The molecule has 0 radical (unpaired) electrons. The Morgan fingerprint density at radius 1 is 1.00 bits per heavy atom. The number of hydrogen-bond acceptors (Lipinski definition) is 8. The first-order chi connectivity index (χ1) is 17.2. The van der Waals surface area contributed by atoms with Crippen molar-refractivity contribution in [3.8, 4) is 28.6 Å². The maximum atomic E-state index is 14.2. The van der Waals surface area contributed by atoms with E-state index in [1.165, 1.54) is 50.2 Å². The topological polar surface area (TPSA) is 112 Å². The quantitative estimate of drug-likeness (QED) is 0.272. The van der Waals surface area contributed by atoms with Crippen molar-refractivity contribution >= 4 is 11.9 Å². The summed E-state index contributed by atoms with van der Waals surface area (Å²) in [5.74, 6) is -1.97. The highest BCUT2D eigenvalue weighted by atomic mass is 19.1. The zero-order chi connectivity index (χ0) is 25.7. The fourth-order valence-corrected chi connectivity index (χ4v) is 3.32. The number of carbonyl (C=O) groups excluding carboxylic acids is 2. The van der Waals surface area contributed by atoms with Gasteiger partial charge in [-0.25, -0.2) is 9.18 Å². The Hall–Kier alpha value is -4.37. The van der Waals surface area contributed by atoms with Gasteiger partial charge in [-0.1, -0.05) is 47.6 Å². The molecular formula is C27H23FN2O6. The number of halogens is 1. The molecular weight excluding hydrogens is 467 g/mol. The average molecular weight is 490 g/mol. The molecule has 36 heavy (non-hydrogen) atoms. The van der Waals surface area contributed by atoms with Gasteiger partial charge in [0, 0.05) is 0 Å². The Morgan fingerprint density at radius 2 is 1.72 bits per heavy atom. The van der Waals surface area contributed by atoms with E-state index >= 15 is 0 Å². The van der Waals surface area contributed by atoms with Crippen molar-refractivity contribution in [2.75, 3.05) is 0 Å². The van der Waals surface area contributed by atoms with Crippen molar-refractivity contribution in [2.45, 2.75) is 32.5 Å². The first-order valence-corrected chi connectivity index (χ1v) is 11.1. The molecule has 0 aliphatic heterocycles. The number of hydrogen-bond donors (Lipinski definition) is 1. The summed E-state index contributed by atoms with van der Waals surface area (Å²) in [5, 5.41) is 13.8. The van der Waals surface area contributed by atoms with Crippen LogP contribution in [0.2, 0.25) is 0 Å². The minimum absolute atomic E-state index is 0.0305. The fourth-order valence-electron chi connectivity index (χ4n) is 3.32. The van der Waals surface area contributed by atoms with Gasteiger partial charge in [-0.2, -0.15) is 4.98 Å². The van der Waals surface area contributed by atoms with Crippen LogP contribution in [0.5, 0.6) is 5.75 Å². The van der Waals surface area contributed by atoms with Gasteiger partial charge in [0.15, 0.2) is 0 Å². The smallest absolute Gasteiger partial charge is 0.338 e. The number of aromatic nitrogens is 2. The standard InChI is InChI=1S/C27H23FN2O6/c1-27(2,33)15-23(31)35-22-13-12-18(26(32)34-16-17-8-4-3-5-9-17)14-20(22)24-29-25(36-30-24)19-10-6-7-11-21(19)28/h3-14,33H,15-16H2,1-2H3. The maximum Gasteiger partial charge on any atom is 0.338 e. The van der Waals surface area contributed by atoms with Crippen molar-refractivity contribution < 1.29 is 33.1 Å². The molecule has 0 aliphatic carbocycles. The number of carbonyl (C=O) groups is 2. The van der Waals surface area contributed by atoms with Crippen molar-refractivity contribution in [1.82, 2.24) is 10.1 Å². The van der Waals surface area contributed by atoms with Crippen molar-refractivity contribution in [3.63, 3.8) is 0 Å². The lowest BCUT2D eigenvalue weighted by atomic mass is 10.1. The van der Waals surface area contributed by atoms with Gasteiger partial charge in [-0.3, -0.25) is 4.79 Å². The second-order valence-electron chi connectivity index (χ2n) is 8.64. The highest BCUT2D eigenvalue weighted by molar-refractivity contribution is 5.92. The first-order valence-electron chi connectivity index (χ1n) is 11.1. The van der Waals surface area contributed by atoms with Crippen LogP contribution in [0, 0.1) is 5.82 Å². The SMILES string of the molecule is CC(C)(O)CC(=O)Oc1ccc(C(=O)OCc2ccccc2)cc1-c1noc(-c2ccccc2F)n1. The van der Waals surface area contributed by atoms with Crippen LogP contribution >= 0.6 is 0 Å². The fraction of sp³-hybridized carbons (Fsp3) is 0.185. The molecule has 1 heterocycles. The van der Waals surface area contributed by atoms with E-state index in [0.29, 0.717) is 0 Å². The minimum atomic E-state index is -1.29. The van der Waals surface area contributed by atoms with E-state index in [1.807, 2.05) is 30.3 Å². The van der Waals surface area contributed by atoms with Gasteiger partial charge in [0.25, 0.3) is 5.89 Å². The van der Waals surface area contributed by atoms with Gasteiger partial charge in [0.1, 0.15) is 18.2 Å². The predicted molar refractivity (Wildman–Crippen MR) is 127 cm³/mol. The van der Waals surface area contributed by atoms with Gasteiger partial charge in [0.2, 0.25) is 5.82 Å². The van der Waals surface area contributed by atoms with Crippen LogP contribution in [0.1, 0.15) is 36.2 Å². The van der Waals surface area contributed by atoms with Gasteiger partial charge in [0.05, 0.1) is 28.7 Å². The van der Waals surface area contributed by atoms with Crippen LogP contribution in [0.25, 0.3) is 22.8 Å². The molecule has 9 heteroatoms. The van der Waals surface area contributed by atoms with E-state index in [2.05, 4.69) is 10.1 Å². The molecule has 0 atom stereocenters. The minimum Gasteiger partial charge on any atom is -0.457 e.